The molecule has 0 aliphatic rings. The maximum atomic E-state index is 11.9. The van der Waals surface area contributed by atoms with E-state index in [4.69, 9.17) is 10.5 Å². The summed E-state index contributed by atoms with van der Waals surface area (Å²) < 4.78 is 5.44. The van der Waals surface area contributed by atoms with Crippen LogP contribution in [0.25, 0.3) is 0 Å². The van der Waals surface area contributed by atoms with Crippen LogP contribution in [-0.4, -0.2) is 12.6 Å². The Labute approximate surface area is 128 Å². The molecule has 0 spiro atoms. The molecule has 0 saturated heterocycles. The Kier molecular flexibility index (Phi) is 7.88. The highest BCUT2D eigenvalue weighted by atomic mass is 16.5. The molecule has 0 amide bonds. The highest BCUT2D eigenvalue weighted by Crippen LogP contribution is 2.21. The summed E-state index contributed by atoms with van der Waals surface area (Å²) in [6, 6.07) is 7.69. The Morgan fingerprint density at radius 3 is 2.48 bits per heavy atom. The predicted octanol–water partition coefficient (Wildman–Crippen LogP) is 4.52. The normalized spacial score (nSPS) is 13.7. The molecule has 3 heteroatoms. The molecule has 2 N–H and O–H groups in total. The first kappa shape index (κ1) is 17.5. The van der Waals surface area contributed by atoms with Crippen molar-refractivity contribution in [3.63, 3.8) is 0 Å². The lowest BCUT2D eigenvalue weighted by atomic mass is 9.97. The summed E-state index contributed by atoms with van der Waals surface area (Å²) in [6.45, 7) is 6.95. The number of rotatable bonds is 9. The van der Waals surface area contributed by atoms with Crippen LogP contribution in [0, 0.1) is 5.92 Å². The molecule has 1 aromatic carbocycles. The van der Waals surface area contributed by atoms with E-state index >= 15 is 0 Å². The second kappa shape index (κ2) is 9.43. The van der Waals surface area contributed by atoms with Crippen molar-refractivity contribution in [1.29, 1.82) is 0 Å². The number of nitrogens with two attached hydrogens (primary N) is 1. The highest BCUT2D eigenvalue weighted by molar-refractivity contribution is 5.70. The molecule has 1 rings (SSSR count). The average molecular weight is 291 g/mol. The standard InChI is InChI=1S/C18H29NO2/c1-4-6-7-15(5-2)13-21-18(20)12-14(3)16-8-10-17(19)11-9-16/h8-11,14-15H,4-7,12-13,19H2,1-3H3. The Morgan fingerprint density at radius 2 is 1.90 bits per heavy atom. The quantitative estimate of drug-likeness (QED) is 0.537. The number of carbonyl (C=O) groups excluding carboxylic acids is 1. The van der Waals surface area contributed by atoms with E-state index in [9.17, 15) is 4.79 Å². The summed E-state index contributed by atoms with van der Waals surface area (Å²) in [5.74, 6) is 0.559. The molecular formula is C18H29NO2. The number of esters is 1. The second-order valence-corrected chi connectivity index (χ2v) is 5.87. The number of nitrogen functional groups attached to an aromatic ring is 1. The molecule has 0 bridgehead atoms. The molecule has 1 aromatic rings. The van der Waals surface area contributed by atoms with E-state index in [1.807, 2.05) is 31.2 Å². The Morgan fingerprint density at radius 1 is 1.24 bits per heavy atom. The van der Waals surface area contributed by atoms with Gasteiger partial charge in [-0.15, -0.1) is 0 Å². The zero-order valence-corrected chi connectivity index (χ0v) is 13.6. The van der Waals surface area contributed by atoms with Crippen molar-refractivity contribution < 1.29 is 9.53 Å². The lowest BCUT2D eigenvalue weighted by molar-refractivity contribution is -0.145. The highest BCUT2D eigenvalue weighted by Gasteiger charge is 2.14. The van der Waals surface area contributed by atoms with Gasteiger partial charge in [0.2, 0.25) is 0 Å². The van der Waals surface area contributed by atoms with Gasteiger partial charge < -0.3 is 10.5 Å². The van der Waals surface area contributed by atoms with Crippen LogP contribution in [0.5, 0.6) is 0 Å². The van der Waals surface area contributed by atoms with Gasteiger partial charge in [0, 0.05) is 5.69 Å². The van der Waals surface area contributed by atoms with Crippen LogP contribution in [0.3, 0.4) is 0 Å². The fourth-order valence-electron chi connectivity index (χ4n) is 2.36. The van der Waals surface area contributed by atoms with E-state index in [2.05, 4.69) is 13.8 Å². The number of carbonyl (C=O) groups is 1. The van der Waals surface area contributed by atoms with Gasteiger partial charge in [-0.05, 0) is 36.0 Å². The molecule has 0 aliphatic heterocycles. The monoisotopic (exact) mass is 291 g/mol. The summed E-state index contributed by atoms with van der Waals surface area (Å²) in [6.07, 6.45) is 5.04. The third kappa shape index (κ3) is 6.65. The predicted molar refractivity (Wildman–Crippen MR) is 88.2 cm³/mol. The zero-order valence-electron chi connectivity index (χ0n) is 13.6. The van der Waals surface area contributed by atoms with Gasteiger partial charge in [-0.3, -0.25) is 4.79 Å². The molecule has 118 valence electrons. The van der Waals surface area contributed by atoms with Gasteiger partial charge in [0.05, 0.1) is 13.0 Å². The Bertz CT molecular complexity index is 414. The number of hydrogen-bond acceptors (Lipinski definition) is 3. The Hall–Kier alpha value is -1.51. The molecule has 0 aromatic heterocycles. The molecule has 0 heterocycles. The molecule has 0 fully saturated rings. The van der Waals surface area contributed by atoms with Gasteiger partial charge in [0.1, 0.15) is 0 Å². The van der Waals surface area contributed by atoms with Crippen molar-refractivity contribution in [2.45, 2.75) is 58.8 Å². The fraction of sp³-hybridized carbons (Fsp3) is 0.611. The van der Waals surface area contributed by atoms with Crippen LogP contribution in [-0.2, 0) is 9.53 Å². The first-order valence-electron chi connectivity index (χ1n) is 8.07. The summed E-state index contributed by atoms with van der Waals surface area (Å²) in [4.78, 5) is 11.9. The maximum Gasteiger partial charge on any atom is 0.306 e. The van der Waals surface area contributed by atoms with E-state index in [-0.39, 0.29) is 11.9 Å². The first-order valence-corrected chi connectivity index (χ1v) is 8.07. The molecular weight excluding hydrogens is 262 g/mol. The van der Waals surface area contributed by atoms with Crippen molar-refractivity contribution in [3.8, 4) is 0 Å². The van der Waals surface area contributed by atoms with Crippen molar-refractivity contribution in [2.24, 2.45) is 5.92 Å². The van der Waals surface area contributed by atoms with E-state index in [1.54, 1.807) is 0 Å². The minimum Gasteiger partial charge on any atom is -0.465 e. The lowest BCUT2D eigenvalue weighted by Crippen LogP contribution is -2.15. The minimum absolute atomic E-state index is 0.103. The summed E-state index contributed by atoms with van der Waals surface area (Å²) in [5.41, 5.74) is 7.54. The third-order valence-corrected chi connectivity index (χ3v) is 4.00. The van der Waals surface area contributed by atoms with Crippen molar-refractivity contribution in [2.75, 3.05) is 12.3 Å². The Balaban J connectivity index is 2.37. The number of ether oxygens (including phenoxy) is 1. The fourth-order valence-corrected chi connectivity index (χ4v) is 2.36. The lowest BCUT2D eigenvalue weighted by Gasteiger charge is -2.16. The van der Waals surface area contributed by atoms with Crippen molar-refractivity contribution in [1.82, 2.24) is 0 Å². The van der Waals surface area contributed by atoms with Crippen molar-refractivity contribution >= 4 is 11.7 Å². The molecule has 0 aliphatic carbocycles. The van der Waals surface area contributed by atoms with Crippen LogP contribution in [0.4, 0.5) is 5.69 Å². The van der Waals surface area contributed by atoms with Gasteiger partial charge in [-0.2, -0.15) is 0 Å². The zero-order chi connectivity index (χ0) is 15.7. The van der Waals surface area contributed by atoms with E-state index in [0.29, 0.717) is 18.9 Å². The topological polar surface area (TPSA) is 52.3 Å². The van der Waals surface area contributed by atoms with E-state index < -0.39 is 0 Å². The number of hydrogen-bond donors (Lipinski definition) is 1. The third-order valence-electron chi connectivity index (χ3n) is 4.00. The molecule has 21 heavy (non-hydrogen) atoms. The summed E-state index contributed by atoms with van der Waals surface area (Å²) >= 11 is 0. The number of benzene rings is 1. The van der Waals surface area contributed by atoms with Crippen LogP contribution >= 0.6 is 0 Å². The van der Waals surface area contributed by atoms with Gasteiger partial charge in [-0.25, -0.2) is 0 Å². The van der Waals surface area contributed by atoms with Gasteiger partial charge >= 0.3 is 5.97 Å². The van der Waals surface area contributed by atoms with E-state index in [0.717, 1.165) is 24.1 Å². The van der Waals surface area contributed by atoms with Crippen LogP contribution < -0.4 is 5.73 Å². The molecule has 0 saturated carbocycles. The number of unbranched alkanes of at least 4 members (excludes halogenated alkanes) is 1. The minimum atomic E-state index is -0.103. The SMILES string of the molecule is CCCCC(CC)COC(=O)CC(C)c1ccc(N)cc1. The first-order chi connectivity index (χ1) is 10.1. The van der Waals surface area contributed by atoms with Crippen molar-refractivity contribution in [3.05, 3.63) is 29.8 Å². The van der Waals surface area contributed by atoms with Gasteiger partial charge in [0.25, 0.3) is 0 Å². The molecule has 0 radical (unpaired) electrons. The van der Waals surface area contributed by atoms with Gasteiger partial charge in [-0.1, -0.05) is 52.2 Å². The average Bonchev–Trinajstić information content (AvgIpc) is 2.48. The smallest absolute Gasteiger partial charge is 0.306 e. The van der Waals surface area contributed by atoms with Gasteiger partial charge in [0.15, 0.2) is 0 Å². The molecule has 2 atom stereocenters. The summed E-state index contributed by atoms with van der Waals surface area (Å²) in [5, 5.41) is 0. The van der Waals surface area contributed by atoms with Crippen LogP contribution in [0.1, 0.15) is 64.4 Å². The maximum absolute atomic E-state index is 11.9. The summed E-state index contributed by atoms with van der Waals surface area (Å²) in [7, 11) is 0. The largest absolute Gasteiger partial charge is 0.465 e. The number of anilines is 1. The van der Waals surface area contributed by atoms with Crippen LogP contribution in [0.15, 0.2) is 24.3 Å². The second-order valence-electron chi connectivity index (χ2n) is 5.87. The van der Waals surface area contributed by atoms with Crippen LogP contribution in [0.2, 0.25) is 0 Å². The molecule has 3 nitrogen and oxygen atoms in total. The van der Waals surface area contributed by atoms with E-state index in [1.165, 1.54) is 12.8 Å². The molecule has 2 unspecified atom stereocenters.